The van der Waals surface area contributed by atoms with Gasteiger partial charge in [-0.05, 0) is 11.4 Å². The van der Waals surface area contributed by atoms with Crippen LogP contribution in [0, 0.1) is 0 Å². The highest BCUT2D eigenvalue weighted by atomic mass is 31.0. The Hall–Kier alpha value is -0.560. The molecule has 11 heavy (non-hydrogen) atoms. The molecule has 0 radical (unpaired) electrons. The molecule has 0 amide bonds. The quantitative estimate of drug-likeness (QED) is 0.534. The molecule has 0 heterocycles. The Labute approximate surface area is 64.6 Å². The van der Waals surface area contributed by atoms with Crippen molar-refractivity contribution >= 4 is 14.5 Å². The van der Waals surface area contributed by atoms with Gasteiger partial charge in [-0.1, -0.05) is 18.2 Å². The van der Waals surface area contributed by atoms with E-state index in [0.717, 1.165) is 6.07 Å². The number of benzene rings is 1. The van der Waals surface area contributed by atoms with Gasteiger partial charge >= 0.3 is 6.18 Å². The minimum Gasteiger partial charge on any atom is -0.166 e. The number of hydrogen-bond donors (Lipinski definition) is 0. The molecule has 1 aromatic rings. The van der Waals surface area contributed by atoms with Crippen LogP contribution >= 0.6 is 9.24 Å². The van der Waals surface area contributed by atoms with Gasteiger partial charge in [-0.25, -0.2) is 0 Å². The van der Waals surface area contributed by atoms with Gasteiger partial charge in [-0.2, -0.15) is 13.2 Å². The summed E-state index contributed by atoms with van der Waals surface area (Å²) in [5.74, 6) is 0. The number of alkyl halides is 3. The highest BCUT2D eigenvalue weighted by Crippen LogP contribution is 2.28. The first-order valence-electron chi connectivity index (χ1n) is 2.93. The maximum absolute atomic E-state index is 12.0. The highest BCUT2D eigenvalue weighted by molar-refractivity contribution is 7.27. The Kier molecular flexibility index (Phi) is 2.19. The molecule has 60 valence electrons. The molecule has 1 aromatic carbocycles. The van der Waals surface area contributed by atoms with E-state index in [2.05, 4.69) is 9.24 Å². The van der Waals surface area contributed by atoms with Gasteiger partial charge in [-0.15, -0.1) is 9.24 Å². The lowest BCUT2D eigenvalue weighted by Gasteiger charge is -2.08. The summed E-state index contributed by atoms with van der Waals surface area (Å²) in [6, 6.07) is 5.41. The summed E-state index contributed by atoms with van der Waals surface area (Å²) in [4.78, 5) is 0. The van der Waals surface area contributed by atoms with E-state index in [0.29, 0.717) is 0 Å². The maximum atomic E-state index is 12.0. The van der Waals surface area contributed by atoms with Gasteiger partial charge in [0.05, 0.1) is 5.56 Å². The van der Waals surface area contributed by atoms with Crippen molar-refractivity contribution in [3.05, 3.63) is 29.8 Å². The van der Waals surface area contributed by atoms with Crippen molar-refractivity contribution in [3.63, 3.8) is 0 Å². The van der Waals surface area contributed by atoms with E-state index in [4.69, 9.17) is 0 Å². The Morgan fingerprint density at radius 3 is 2.00 bits per heavy atom. The van der Waals surface area contributed by atoms with Gasteiger partial charge < -0.3 is 0 Å². The van der Waals surface area contributed by atoms with Crippen LogP contribution < -0.4 is 5.30 Å². The molecule has 0 aromatic heterocycles. The minimum atomic E-state index is -4.24. The smallest absolute Gasteiger partial charge is 0.166 e. The summed E-state index contributed by atoms with van der Waals surface area (Å²) in [5.41, 5.74) is -0.593. The van der Waals surface area contributed by atoms with Gasteiger partial charge in [0.25, 0.3) is 0 Å². The molecule has 0 spiro atoms. The first kappa shape index (κ1) is 8.54. The lowest BCUT2D eigenvalue weighted by molar-refractivity contribution is -0.136. The molecule has 0 bridgehead atoms. The highest BCUT2D eigenvalue weighted by Gasteiger charge is 2.31. The zero-order valence-corrected chi connectivity index (χ0v) is 6.68. The molecule has 0 nitrogen and oxygen atoms in total. The van der Waals surface area contributed by atoms with Crippen LogP contribution in [0.4, 0.5) is 13.2 Å². The molecule has 0 aliphatic heterocycles. The predicted octanol–water partition coefficient (Wildman–Crippen LogP) is 2.21. The van der Waals surface area contributed by atoms with Crippen molar-refractivity contribution in [1.29, 1.82) is 0 Å². The van der Waals surface area contributed by atoms with Crippen LogP contribution in [0.2, 0.25) is 0 Å². The minimum absolute atomic E-state index is 0.181. The molecular formula is C7H6F3P. The molecule has 0 saturated heterocycles. The van der Waals surface area contributed by atoms with E-state index < -0.39 is 11.7 Å². The van der Waals surface area contributed by atoms with Gasteiger partial charge in [0.15, 0.2) is 0 Å². The molecule has 0 saturated carbocycles. The van der Waals surface area contributed by atoms with Crippen LogP contribution in [0.1, 0.15) is 5.56 Å². The van der Waals surface area contributed by atoms with Crippen molar-refractivity contribution in [3.8, 4) is 0 Å². The van der Waals surface area contributed by atoms with Gasteiger partial charge in [0, 0.05) is 0 Å². The lowest BCUT2D eigenvalue weighted by atomic mass is 10.2. The van der Waals surface area contributed by atoms with E-state index in [1.165, 1.54) is 12.1 Å². The Balaban J connectivity index is 3.14. The number of rotatable bonds is 0. The summed E-state index contributed by atoms with van der Waals surface area (Å²) in [7, 11) is 2.05. The van der Waals surface area contributed by atoms with E-state index in [1.54, 1.807) is 6.07 Å². The first-order chi connectivity index (χ1) is 5.02. The van der Waals surface area contributed by atoms with Gasteiger partial charge in [-0.3, -0.25) is 0 Å². The third kappa shape index (κ3) is 1.93. The van der Waals surface area contributed by atoms with Gasteiger partial charge in [0.1, 0.15) is 0 Å². The summed E-state index contributed by atoms with van der Waals surface area (Å²) >= 11 is 0. The average molecular weight is 178 g/mol. The molecule has 0 fully saturated rings. The van der Waals surface area contributed by atoms with E-state index >= 15 is 0 Å². The maximum Gasteiger partial charge on any atom is 0.417 e. The fraction of sp³-hybridized carbons (Fsp3) is 0.143. The molecule has 0 aliphatic rings. The SMILES string of the molecule is FC(F)(F)c1ccccc1P. The van der Waals surface area contributed by atoms with E-state index in [1.807, 2.05) is 0 Å². The first-order valence-corrected chi connectivity index (χ1v) is 3.51. The van der Waals surface area contributed by atoms with E-state index in [-0.39, 0.29) is 5.30 Å². The Bertz CT molecular complexity index is 254. The zero-order chi connectivity index (χ0) is 8.48. The monoisotopic (exact) mass is 178 g/mol. The standard InChI is InChI=1S/C7H6F3P/c8-7(9,10)5-3-1-2-4-6(5)11/h1-4H,11H2. The third-order valence-electron chi connectivity index (χ3n) is 1.27. The van der Waals surface area contributed by atoms with Crippen molar-refractivity contribution in [2.24, 2.45) is 0 Å². The van der Waals surface area contributed by atoms with Crippen LogP contribution in [0.5, 0.6) is 0 Å². The second-order valence-corrected chi connectivity index (χ2v) is 2.71. The summed E-state index contributed by atoms with van der Waals surface area (Å²) < 4.78 is 36.1. The third-order valence-corrected chi connectivity index (χ3v) is 1.77. The lowest BCUT2D eigenvalue weighted by Crippen LogP contribution is -2.13. The second kappa shape index (κ2) is 2.82. The number of halogens is 3. The summed E-state index contributed by atoms with van der Waals surface area (Å²) in [6.07, 6.45) is -4.24. The van der Waals surface area contributed by atoms with E-state index in [9.17, 15) is 13.2 Å². The van der Waals surface area contributed by atoms with Crippen LogP contribution in [-0.4, -0.2) is 0 Å². The molecule has 1 unspecified atom stereocenters. The molecular weight excluding hydrogens is 172 g/mol. The normalized spacial score (nSPS) is 11.6. The topological polar surface area (TPSA) is 0 Å². The Morgan fingerprint density at radius 2 is 1.64 bits per heavy atom. The van der Waals surface area contributed by atoms with Crippen molar-refractivity contribution in [2.45, 2.75) is 6.18 Å². The molecule has 0 aliphatic carbocycles. The molecule has 1 atom stereocenters. The summed E-state index contributed by atoms with van der Waals surface area (Å²) in [6.45, 7) is 0. The number of hydrogen-bond acceptors (Lipinski definition) is 0. The molecule has 1 rings (SSSR count). The Morgan fingerprint density at radius 1 is 1.09 bits per heavy atom. The average Bonchev–Trinajstić information content (AvgIpc) is 1.86. The molecule has 0 N–H and O–H groups in total. The van der Waals surface area contributed by atoms with Crippen molar-refractivity contribution in [1.82, 2.24) is 0 Å². The van der Waals surface area contributed by atoms with Gasteiger partial charge in [0.2, 0.25) is 0 Å². The van der Waals surface area contributed by atoms with Crippen LogP contribution in [0.3, 0.4) is 0 Å². The largest absolute Gasteiger partial charge is 0.417 e. The summed E-state index contributed by atoms with van der Waals surface area (Å²) in [5, 5.41) is 0.181. The van der Waals surface area contributed by atoms with Crippen molar-refractivity contribution < 1.29 is 13.2 Å². The zero-order valence-electron chi connectivity index (χ0n) is 5.52. The van der Waals surface area contributed by atoms with Crippen molar-refractivity contribution in [2.75, 3.05) is 0 Å². The fourth-order valence-electron chi connectivity index (χ4n) is 0.755. The van der Waals surface area contributed by atoms with Crippen LogP contribution in [0.25, 0.3) is 0 Å². The second-order valence-electron chi connectivity index (χ2n) is 2.09. The van der Waals surface area contributed by atoms with Crippen LogP contribution in [0.15, 0.2) is 24.3 Å². The predicted molar refractivity (Wildman–Crippen MR) is 40.8 cm³/mol. The molecule has 4 heteroatoms. The fourth-order valence-corrected chi connectivity index (χ4v) is 1.13. The van der Waals surface area contributed by atoms with Crippen LogP contribution in [-0.2, 0) is 6.18 Å².